The molecule has 2 amide bonds. The molecule has 3 saturated heterocycles. The van der Waals surface area contributed by atoms with E-state index in [0.29, 0.717) is 40.6 Å². The van der Waals surface area contributed by atoms with Gasteiger partial charge in [0.2, 0.25) is 0 Å². The Labute approximate surface area is 267 Å². The average molecular weight is 622 g/mol. The number of anilines is 2. The number of nitrogens with zero attached hydrogens (tertiary/aromatic N) is 1. The molecule has 4 aromatic rings. The van der Waals surface area contributed by atoms with Gasteiger partial charge in [-0.3, -0.25) is 9.59 Å². The van der Waals surface area contributed by atoms with Gasteiger partial charge in [-0.25, -0.2) is 4.90 Å². The molecular weight excluding hydrogens is 586 g/mol. The number of benzene rings is 4. The van der Waals surface area contributed by atoms with E-state index < -0.39 is 23.7 Å². The highest BCUT2D eigenvalue weighted by Gasteiger charge is 2.68. The van der Waals surface area contributed by atoms with E-state index in [-0.39, 0.29) is 18.0 Å². The van der Waals surface area contributed by atoms with Crippen molar-refractivity contribution >= 4 is 23.2 Å². The summed E-state index contributed by atoms with van der Waals surface area (Å²) in [5, 5.41) is 5.99. The van der Waals surface area contributed by atoms with E-state index >= 15 is 0 Å². The minimum absolute atomic E-state index is 0.227. The molecule has 3 aliphatic heterocycles. The lowest BCUT2D eigenvalue weighted by Crippen LogP contribution is -2.40. The highest BCUT2D eigenvalue weighted by Crippen LogP contribution is 2.56. The van der Waals surface area contributed by atoms with Crippen molar-refractivity contribution in [2.24, 2.45) is 0 Å². The molecule has 0 spiro atoms. The van der Waals surface area contributed by atoms with Crippen molar-refractivity contribution < 1.29 is 33.3 Å². The minimum atomic E-state index is -0.856. The van der Waals surface area contributed by atoms with Gasteiger partial charge in [0.05, 0.1) is 20.8 Å². The normalized spacial score (nSPS) is 26.4. The van der Waals surface area contributed by atoms with Gasteiger partial charge in [-0.1, -0.05) is 24.3 Å². The van der Waals surface area contributed by atoms with Crippen LogP contribution in [0, 0.1) is 0 Å². The molecule has 0 bridgehead atoms. The van der Waals surface area contributed by atoms with Crippen LogP contribution < -0.4 is 20.1 Å². The van der Waals surface area contributed by atoms with Crippen LogP contribution in [0.3, 0.4) is 0 Å². The Morgan fingerprint density at radius 3 is 1.65 bits per heavy atom. The maximum atomic E-state index is 13.0. The first kappa shape index (κ1) is 29.9. The van der Waals surface area contributed by atoms with E-state index in [1.165, 1.54) is 0 Å². The van der Waals surface area contributed by atoms with E-state index in [2.05, 4.69) is 15.5 Å². The molecule has 46 heavy (non-hydrogen) atoms. The van der Waals surface area contributed by atoms with Gasteiger partial charge in [-0.2, -0.15) is 0 Å². The first-order valence-corrected chi connectivity index (χ1v) is 15.1. The van der Waals surface area contributed by atoms with Gasteiger partial charge in [-0.15, -0.1) is 0 Å². The fraction of sp³-hybridized carbons (Fsp3) is 0.278. The van der Waals surface area contributed by atoms with Gasteiger partial charge in [0, 0.05) is 22.5 Å². The molecule has 0 aliphatic carbocycles. The van der Waals surface area contributed by atoms with E-state index in [1.807, 2.05) is 62.4 Å². The molecule has 0 saturated carbocycles. The zero-order valence-electron chi connectivity index (χ0n) is 26.0. The second kappa shape index (κ2) is 11.6. The smallest absolute Gasteiger partial charge is 0.255 e. The minimum Gasteiger partial charge on any atom is -0.497 e. The number of hydrogen-bond acceptors (Lipinski definition) is 8. The van der Waals surface area contributed by atoms with Gasteiger partial charge < -0.3 is 34.3 Å². The standard InChI is InChI=1S/C36H35N3O7/c1-35(24-7-5-9-26(19-24)37-31(40)22-11-15-28(42-3)16-12-22)33-39-30(21-44-33)45-36(2,34(39)46-35)25-8-6-10-27(20-25)38-32(41)23-13-17-29(43-4)18-14-23/h5-20,30,33-34H,21H2,1-4H3,(H,37,40)(H,38,41)/t30-,33-,34-,35+,36+/m0/s1. The maximum absolute atomic E-state index is 13.0. The molecule has 7 rings (SSSR count). The monoisotopic (exact) mass is 621 g/mol. The second-order valence-electron chi connectivity index (χ2n) is 11.9. The van der Waals surface area contributed by atoms with Gasteiger partial charge in [0.1, 0.15) is 41.4 Å². The number of ether oxygens (including phenoxy) is 5. The second-order valence-corrected chi connectivity index (χ2v) is 11.9. The molecule has 4 aromatic carbocycles. The van der Waals surface area contributed by atoms with Crippen molar-refractivity contribution in [2.75, 3.05) is 31.5 Å². The third-order valence-corrected chi connectivity index (χ3v) is 9.04. The summed E-state index contributed by atoms with van der Waals surface area (Å²) >= 11 is 0. The van der Waals surface area contributed by atoms with Gasteiger partial charge in [-0.05, 0) is 97.8 Å². The van der Waals surface area contributed by atoms with E-state index in [1.54, 1.807) is 62.8 Å². The van der Waals surface area contributed by atoms with Crippen molar-refractivity contribution in [3.05, 3.63) is 119 Å². The summed E-state index contributed by atoms with van der Waals surface area (Å²) in [7, 11) is 3.17. The Bertz CT molecular complexity index is 1670. The van der Waals surface area contributed by atoms with Crippen LogP contribution >= 0.6 is 0 Å². The molecule has 236 valence electrons. The SMILES string of the molecule is COc1ccc(C(=O)Nc2cccc([C@@]3(C)O[C@H]4CO[C@@H]5N4[C@H]3O[C@]5(C)c3cccc(NC(=O)c4ccc(OC)cc4)c3)c2)cc1. The lowest BCUT2D eigenvalue weighted by molar-refractivity contribution is -0.138. The summed E-state index contributed by atoms with van der Waals surface area (Å²) in [5.74, 6) is 0.910. The number of rotatable bonds is 8. The van der Waals surface area contributed by atoms with Crippen molar-refractivity contribution in [2.45, 2.75) is 43.7 Å². The first-order valence-electron chi connectivity index (χ1n) is 15.1. The number of carbonyl (C=O) groups excluding carboxylic acids is 2. The lowest BCUT2D eigenvalue weighted by Gasteiger charge is -2.33. The van der Waals surface area contributed by atoms with E-state index in [0.717, 1.165) is 11.1 Å². The Hall–Kier alpha value is -4.74. The summed E-state index contributed by atoms with van der Waals surface area (Å²) in [6.07, 6.45) is -1.19. The quantitative estimate of drug-likeness (QED) is 0.258. The van der Waals surface area contributed by atoms with Crippen molar-refractivity contribution in [3.63, 3.8) is 0 Å². The molecule has 0 unspecified atom stereocenters. The fourth-order valence-electron chi connectivity index (χ4n) is 6.52. The Morgan fingerprint density at radius 2 is 1.17 bits per heavy atom. The highest BCUT2D eigenvalue weighted by atomic mass is 16.7. The number of hydrogen-bond donors (Lipinski definition) is 2. The fourth-order valence-corrected chi connectivity index (χ4v) is 6.52. The molecule has 2 N–H and O–H groups in total. The summed E-state index contributed by atoms with van der Waals surface area (Å²) in [6.45, 7) is 4.40. The van der Waals surface area contributed by atoms with Crippen LogP contribution in [-0.4, -0.2) is 56.2 Å². The molecule has 3 aliphatic rings. The molecular formula is C36H35N3O7. The van der Waals surface area contributed by atoms with Crippen LogP contribution in [0.25, 0.3) is 0 Å². The predicted molar refractivity (Wildman–Crippen MR) is 171 cm³/mol. The van der Waals surface area contributed by atoms with Crippen LogP contribution in [0.2, 0.25) is 0 Å². The van der Waals surface area contributed by atoms with Gasteiger partial charge in [0.15, 0.2) is 0 Å². The highest BCUT2D eigenvalue weighted by molar-refractivity contribution is 6.05. The topological polar surface area (TPSA) is 108 Å². The Kier molecular flexibility index (Phi) is 7.53. The lowest BCUT2D eigenvalue weighted by atomic mass is 9.93. The summed E-state index contributed by atoms with van der Waals surface area (Å²) in [5.41, 5.74) is 2.34. The number of carbonyl (C=O) groups is 2. The third kappa shape index (κ3) is 5.09. The maximum Gasteiger partial charge on any atom is 0.255 e. The van der Waals surface area contributed by atoms with Gasteiger partial charge >= 0.3 is 0 Å². The Morgan fingerprint density at radius 1 is 0.696 bits per heavy atom. The third-order valence-electron chi connectivity index (χ3n) is 9.04. The predicted octanol–water partition coefficient (Wildman–Crippen LogP) is 5.71. The van der Waals surface area contributed by atoms with Crippen molar-refractivity contribution in [1.29, 1.82) is 0 Å². The molecule has 10 heteroatoms. The van der Waals surface area contributed by atoms with Gasteiger partial charge in [0.25, 0.3) is 11.8 Å². The molecule has 3 heterocycles. The molecule has 0 radical (unpaired) electrons. The van der Waals surface area contributed by atoms with Crippen LogP contribution in [-0.2, 0) is 25.4 Å². The van der Waals surface area contributed by atoms with Crippen LogP contribution in [0.1, 0.15) is 45.7 Å². The van der Waals surface area contributed by atoms with Crippen molar-refractivity contribution in [1.82, 2.24) is 4.90 Å². The van der Waals surface area contributed by atoms with Crippen LogP contribution in [0.5, 0.6) is 11.5 Å². The summed E-state index contributed by atoms with van der Waals surface area (Å²) in [4.78, 5) is 28.1. The zero-order chi connectivity index (χ0) is 32.1. The molecule has 3 fully saturated rings. The average Bonchev–Trinajstić information content (AvgIpc) is 3.73. The van der Waals surface area contributed by atoms with Crippen LogP contribution in [0.15, 0.2) is 97.1 Å². The summed E-state index contributed by atoms with van der Waals surface area (Å²) in [6, 6.07) is 29.2. The first-order chi connectivity index (χ1) is 22.2. The van der Waals surface area contributed by atoms with E-state index in [9.17, 15) is 9.59 Å². The Balaban J connectivity index is 1.12. The largest absolute Gasteiger partial charge is 0.497 e. The van der Waals surface area contributed by atoms with Crippen LogP contribution in [0.4, 0.5) is 11.4 Å². The molecule has 0 aromatic heterocycles. The summed E-state index contributed by atoms with van der Waals surface area (Å²) < 4.78 is 30.2. The molecule has 10 nitrogen and oxygen atoms in total. The van der Waals surface area contributed by atoms with E-state index in [4.69, 9.17) is 23.7 Å². The number of amides is 2. The molecule has 5 atom stereocenters. The number of methoxy groups -OCH3 is 2. The van der Waals surface area contributed by atoms with Crippen molar-refractivity contribution in [3.8, 4) is 11.5 Å². The zero-order valence-corrected chi connectivity index (χ0v) is 26.0. The number of nitrogens with one attached hydrogen (secondary N) is 2.